The highest BCUT2D eigenvalue weighted by atomic mass is 79.9. The summed E-state index contributed by atoms with van der Waals surface area (Å²) in [4.78, 5) is 11.1. The number of halogens is 4. The maximum atomic E-state index is 12.0. The summed E-state index contributed by atoms with van der Waals surface area (Å²) in [5.74, 6) is -1.16. The van der Waals surface area contributed by atoms with Crippen LogP contribution in [-0.4, -0.2) is 17.1 Å². The summed E-state index contributed by atoms with van der Waals surface area (Å²) < 4.78 is 36.7. The van der Waals surface area contributed by atoms with Crippen molar-refractivity contribution in [3.63, 3.8) is 0 Å². The van der Waals surface area contributed by atoms with Crippen LogP contribution in [0.5, 0.6) is 0 Å². The smallest absolute Gasteiger partial charge is 0.389 e. The third kappa shape index (κ3) is 4.61. The van der Waals surface area contributed by atoms with Crippen LogP contribution < -0.4 is 11.1 Å². The first-order chi connectivity index (χ1) is 8.19. The number of nitrogens with two attached hydrogens (primary N) is 1. The van der Waals surface area contributed by atoms with Crippen molar-refractivity contribution < 1.29 is 18.0 Å². The second-order valence-corrected chi connectivity index (χ2v) is 4.75. The van der Waals surface area contributed by atoms with E-state index in [0.29, 0.717) is 10.0 Å². The summed E-state index contributed by atoms with van der Waals surface area (Å²) in [6, 6.07) is 4.50. The number of carbonyl (C=O) groups is 1. The topological polar surface area (TPSA) is 55.1 Å². The van der Waals surface area contributed by atoms with Gasteiger partial charge in [-0.2, -0.15) is 13.2 Å². The Labute approximate surface area is 115 Å². The molecule has 8 heteroatoms. The number of nitrogens with one attached hydrogen (secondary N) is 1. The first-order valence-electron chi connectivity index (χ1n) is 4.65. The number of carbonyl (C=O) groups excluding carboxylic acids is 1. The number of benzene rings is 1. The van der Waals surface area contributed by atoms with Gasteiger partial charge in [-0.05, 0) is 18.2 Å². The predicted octanol–water partition coefficient (Wildman–Crippen LogP) is 2.97. The zero-order valence-corrected chi connectivity index (χ0v) is 11.2. The van der Waals surface area contributed by atoms with Crippen LogP contribution in [0.1, 0.15) is 12.0 Å². The quantitative estimate of drug-likeness (QED) is 0.831. The van der Waals surface area contributed by atoms with Gasteiger partial charge in [-0.1, -0.05) is 28.1 Å². The molecular formula is C10H8BrF3N2OS. The van der Waals surface area contributed by atoms with E-state index in [0.717, 1.165) is 0 Å². The second kappa shape index (κ2) is 5.66. The Morgan fingerprint density at radius 3 is 2.56 bits per heavy atom. The first-order valence-corrected chi connectivity index (χ1v) is 5.85. The van der Waals surface area contributed by atoms with E-state index in [1.165, 1.54) is 12.1 Å². The van der Waals surface area contributed by atoms with E-state index in [4.69, 9.17) is 18.0 Å². The van der Waals surface area contributed by atoms with Gasteiger partial charge in [-0.15, -0.1) is 0 Å². The molecule has 0 saturated heterocycles. The minimum atomic E-state index is -4.55. The normalized spacial score (nSPS) is 11.1. The number of hydrogen-bond acceptors (Lipinski definition) is 2. The van der Waals surface area contributed by atoms with Crippen molar-refractivity contribution in [1.82, 2.24) is 0 Å². The van der Waals surface area contributed by atoms with Crippen LogP contribution in [0.15, 0.2) is 22.7 Å². The number of anilines is 1. The second-order valence-electron chi connectivity index (χ2n) is 3.39. The summed E-state index contributed by atoms with van der Waals surface area (Å²) in [6.07, 6.45) is -6.11. The van der Waals surface area contributed by atoms with Crippen LogP contribution in [0.3, 0.4) is 0 Å². The maximum absolute atomic E-state index is 12.0. The number of rotatable bonds is 3. The predicted molar refractivity (Wildman–Crippen MR) is 69.3 cm³/mol. The lowest BCUT2D eigenvalue weighted by molar-refractivity contribution is -0.150. The molecule has 98 valence electrons. The highest BCUT2D eigenvalue weighted by Gasteiger charge is 2.31. The molecule has 0 saturated carbocycles. The molecule has 0 fully saturated rings. The summed E-state index contributed by atoms with van der Waals surface area (Å²) in [5, 5.41) is 2.13. The lowest BCUT2D eigenvalue weighted by Gasteiger charge is -2.11. The Balaban J connectivity index is 2.91. The van der Waals surface area contributed by atoms with Crippen LogP contribution in [0.25, 0.3) is 0 Å². The van der Waals surface area contributed by atoms with Gasteiger partial charge in [0.05, 0.1) is 5.69 Å². The largest absolute Gasteiger partial charge is 0.397 e. The zero-order valence-electron chi connectivity index (χ0n) is 8.84. The molecule has 0 radical (unpaired) electrons. The molecule has 1 rings (SSSR count). The highest BCUT2D eigenvalue weighted by Crippen LogP contribution is 2.24. The van der Waals surface area contributed by atoms with Gasteiger partial charge in [0.25, 0.3) is 0 Å². The fraction of sp³-hybridized carbons (Fsp3) is 0.200. The van der Waals surface area contributed by atoms with Gasteiger partial charge in [-0.3, -0.25) is 4.79 Å². The van der Waals surface area contributed by atoms with Crippen LogP contribution in [0.4, 0.5) is 18.9 Å². The molecule has 0 heterocycles. The lowest BCUT2D eigenvalue weighted by Crippen LogP contribution is -2.23. The van der Waals surface area contributed by atoms with Crippen molar-refractivity contribution >= 4 is 44.7 Å². The minimum absolute atomic E-state index is 0.0152. The number of alkyl halides is 3. The fourth-order valence-corrected chi connectivity index (χ4v) is 1.74. The number of thiocarbonyl (C=S) groups is 1. The van der Waals surface area contributed by atoms with Gasteiger partial charge >= 0.3 is 6.18 Å². The van der Waals surface area contributed by atoms with E-state index in [1.54, 1.807) is 6.07 Å². The lowest BCUT2D eigenvalue weighted by atomic mass is 10.1. The summed E-state index contributed by atoms with van der Waals surface area (Å²) in [6.45, 7) is 0. The number of hydrogen-bond donors (Lipinski definition) is 2. The Hall–Kier alpha value is -1.15. The molecule has 18 heavy (non-hydrogen) atoms. The molecule has 0 aromatic heterocycles. The van der Waals surface area contributed by atoms with Crippen LogP contribution in [0.2, 0.25) is 0 Å². The molecule has 0 spiro atoms. The molecule has 0 atom stereocenters. The van der Waals surface area contributed by atoms with Gasteiger partial charge in [0.1, 0.15) is 11.4 Å². The standard InChI is InChI=1S/C10H8BrF3N2OS/c11-5-1-2-7(6(3-5)9(15)18)16-8(17)4-10(12,13)14/h1-3H,4H2,(H2,15,18)(H,16,17). The molecule has 0 bridgehead atoms. The first kappa shape index (κ1) is 14.9. The molecule has 0 aliphatic rings. The summed E-state index contributed by atoms with van der Waals surface area (Å²) in [5.41, 5.74) is 5.88. The Bertz CT molecular complexity index is 491. The van der Waals surface area contributed by atoms with E-state index < -0.39 is 18.5 Å². The van der Waals surface area contributed by atoms with Crippen molar-refractivity contribution in [2.45, 2.75) is 12.6 Å². The minimum Gasteiger partial charge on any atom is -0.389 e. The van der Waals surface area contributed by atoms with Gasteiger partial charge in [0.2, 0.25) is 5.91 Å². The Morgan fingerprint density at radius 2 is 2.06 bits per heavy atom. The molecule has 1 aromatic rings. The fourth-order valence-electron chi connectivity index (χ4n) is 1.21. The highest BCUT2D eigenvalue weighted by molar-refractivity contribution is 9.10. The molecule has 0 aliphatic heterocycles. The van der Waals surface area contributed by atoms with Crippen molar-refractivity contribution in [1.29, 1.82) is 0 Å². The van der Waals surface area contributed by atoms with E-state index in [-0.39, 0.29) is 10.7 Å². The van der Waals surface area contributed by atoms with Crippen molar-refractivity contribution in [3.05, 3.63) is 28.2 Å². The van der Waals surface area contributed by atoms with Crippen LogP contribution in [-0.2, 0) is 4.79 Å². The van der Waals surface area contributed by atoms with Gasteiger partial charge in [-0.25, -0.2) is 0 Å². The zero-order chi connectivity index (χ0) is 13.9. The summed E-state index contributed by atoms with van der Waals surface area (Å²) in [7, 11) is 0. The van der Waals surface area contributed by atoms with E-state index in [2.05, 4.69) is 21.2 Å². The molecule has 0 unspecified atom stereocenters. The molecule has 0 aliphatic carbocycles. The Kier molecular flexibility index (Phi) is 4.69. The Morgan fingerprint density at radius 1 is 1.44 bits per heavy atom. The average Bonchev–Trinajstić information content (AvgIpc) is 2.17. The maximum Gasteiger partial charge on any atom is 0.397 e. The molecular weight excluding hydrogens is 333 g/mol. The van der Waals surface area contributed by atoms with Crippen LogP contribution in [0, 0.1) is 0 Å². The molecule has 3 N–H and O–H groups in total. The van der Waals surface area contributed by atoms with Crippen molar-refractivity contribution in [3.8, 4) is 0 Å². The SMILES string of the molecule is NC(=S)c1cc(Br)ccc1NC(=O)CC(F)(F)F. The monoisotopic (exact) mass is 340 g/mol. The van der Waals surface area contributed by atoms with E-state index >= 15 is 0 Å². The van der Waals surface area contributed by atoms with Gasteiger partial charge in [0.15, 0.2) is 0 Å². The van der Waals surface area contributed by atoms with Gasteiger partial charge in [0, 0.05) is 10.0 Å². The molecule has 1 amide bonds. The van der Waals surface area contributed by atoms with E-state index in [9.17, 15) is 18.0 Å². The summed E-state index contributed by atoms with van der Waals surface area (Å²) >= 11 is 7.93. The third-order valence-corrected chi connectivity index (χ3v) is 2.60. The van der Waals surface area contributed by atoms with Crippen LogP contribution >= 0.6 is 28.1 Å². The average molecular weight is 341 g/mol. The van der Waals surface area contributed by atoms with Crippen molar-refractivity contribution in [2.75, 3.05) is 5.32 Å². The van der Waals surface area contributed by atoms with Gasteiger partial charge < -0.3 is 11.1 Å². The van der Waals surface area contributed by atoms with Crippen molar-refractivity contribution in [2.24, 2.45) is 5.73 Å². The molecule has 3 nitrogen and oxygen atoms in total. The number of amides is 1. The molecule has 1 aromatic carbocycles. The third-order valence-electron chi connectivity index (χ3n) is 1.88. The van der Waals surface area contributed by atoms with E-state index in [1.807, 2.05) is 0 Å².